The van der Waals surface area contributed by atoms with Gasteiger partial charge >= 0.3 is 0 Å². The number of halogens is 1. The highest BCUT2D eigenvalue weighted by atomic mass is 35.5. The van der Waals surface area contributed by atoms with E-state index in [0.717, 1.165) is 0 Å². The molecule has 84 valence electrons. The third-order valence-corrected chi connectivity index (χ3v) is 2.63. The van der Waals surface area contributed by atoms with Crippen molar-refractivity contribution in [3.05, 3.63) is 28.8 Å². The molecule has 0 bridgehead atoms. The van der Waals surface area contributed by atoms with Crippen molar-refractivity contribution < 1.29 is 10.2 Å². The Morgan fingerprint density at radius 3 is 2.47 bits per heavy atom. The Labute approximate surface area is 94.5 Å². The highest BCUT2D eigenvalue weighted by Gasteiger charge is 2.22. The summed E-state index contributed by atoms with van der Waals surface area (Å²) in [5.74, 6) is 0.0879. The van der Waals surface area contributed by atoms with Crippen molar-refractivity contribution in [1.29, 1.82) is 0 Å². The van der Waals surface area contributed by atoms with Gasteiger partial charge in [0.1, 0.15) is 5.75 Å². The second kappa shape index (κ2) is 4.84. The number of phenolic OH excluding ortho intramolecular Hbond substituents is 1. The Hall–Kier alpha value is -0.770. The molecule has 0 aliphatic heterocycles. The van der Waals surface area contributed by atoms with Crippen LogP contribution >= 0.6 is 11.6 Å². The maximum absolute atomic E-state index is 9.78. The molecule has 0 fully saturated rings. The topological polar surface area (TPSA) is 66.5 Å². The summed E-state index contributed by atoms with van der Waals surface area (Å²) in [5, 5.41) is 19.9. The fraction of sp³-hybridized carbons (Fsp3) is 0.455. The van der Waals surface area contributed by atoms with Crippen LogP contribution in [0.2, 0.25) is 5.02 Å². The van der Waals surface area contributed by atoms with Crippen molar-refractivity contribution in [2.24, 2.45) is 11.7 Å². The Bertz CT molecular complexity index is 341. The molecule has 0 aromatic heterocycles. The van der Waals surface area contributed by atoms with Gasteiger partial charge in [-0.05, 0) is 24.1 Å². The first kappa shape index (κ1) is 12.3. The van der Waals surface area contributed by atoms with Gasteiger partial charge in [0, 0.05) is 10.6 Å². The number of aliphatic hydroxyl groups is 1. The summed E-state index contributed by atoms with van der Waals surface area (Å²) >= 11 is 5.80. The van der Waals surface area contributed by atoms with E-state index in [-0.39, 0.29) is 11.7 Å². The first-order valence-electron chi connectivity index (χ1n) is 4.85. The molecule has 0 unspecified atom stereocenters. The average molecular weight is 230 g/mol. The van der Waals surface area contributed by atoms with Gasteiger partial charge in [0.2, 0.25) is 0 Å². The van der Waals surface area contributed by atoms with Crippen molar-refractivity contribution in [3.8, 4) is 5.75 Å². The van der Waals surface area contributed by atoms with E-state index >= 15 is 0 Å². The molecule has 0 saturated carbocycles. The maximum Gasteiger partial charge on any atom is 0.120 e. The van der Waals surface area contributed by atoms with Crippen LogP contribution in [0.5, 0.6) is 5.75 Å². The molecule has 0 aliphatic rings. The summed E-state index contributed by atoms with van der Waals surface area (Å²) in [7, 11) is 0. The van der Waals surface area contributed by atoms with Gasteiger partial charge in [-0.3, -0.25) is 0 Å². The number of benzene rings is 1. The number of hydrogen-bond acceptors (Lipinski definition) is 3. The zero-order valence-corrected chi connectivity index (χ0v) is 9.57. The summed E-state index contributed by atoms with van der Waals surface area (Å²) in [6, 6.07) is 4.01. The Morgan fingerprint density at radius 2 is 1.93 bits per heavy atom. The number of aromatic hydroxyl groups is 1. The number of hydrogen-bond donors (Lipinski definition) is 3. The highest BCUT2D eigenvalue weighted by Crippen LogP contribution is 2.29. The van der Waals surface area contributed by atoms with Gasteiger partial charge in [-0.15, -0.1) is 0 Å². The van der Waals surface area contributed by atoms with Crippen LogP contribution in [0.3, 0.4) is 0 Å². The van der Waals surface area contributed by atoms with Crippen molar-refractivity contribution in [2.45, 2.75) is 26.0 Å². The molecule has 0 radical (unpaired) electrons. The normalized spacial score (nSPS) is 15.3. The molecule has 0 saturated heterocycles. The molecule has 4 N–H and O–H groups in total. The zero-order chi connectivity index (χ0) is 11.6. The first-order valence-corrected chi connectivity index (χ1v) is 5.23. The molecule has 15 heavy (non-hydrogen) atoms. The predicted molar refractivity (Wildman–Crippen MR) is 60.9 cm³/mol. The second-order valence-corrected chi connectivity index (χ2v) is 4.40. The van der Waals surface area contributed by atoms with Gasteiger partial charge in [-0.25, -0.2) is 0 Å². The van der Waals surface area contributed by atoms with Crippen LogP contribution in [-0.4, -0.2) is 16.3 Å². The quantitative estimate of drug-likeness (QED) is 0.743. The molecule has 3 nitrogen and oxygen atoms in total. The third-order valence-electron chi connectivity index (χ3n) is 2.40. The smallest absolute Gasteiger partial charge is 0.120 e. The van der Waals surface area contributed by atoms with Crippen molar-refractivity contribution >= 4 is 11.6 Å². The summed E-state index contributed by atoms with van der Waals surface area (Å²) in [5.41, 5.74) is 6.32. The van der Waals surface area contributed by atoms with E-state index in [9.17, 15) is 10.2 Å². The number of aliphatic hydroxyl groups excluding tert-OH is 1. The van der Waals surface area contributed by atoms with Crippen molar-refractivity contribution in [3.63, 3.8) is 0 Å². The number of nitrogens with two attached hydrogens (primary N) is 1. The van der Waals surface area contributed by atoms with Crippen LogP contribution in [0.1, 0.15) is 25.5 Å². The molecule has 1 aromatic rings. The van der Waals surface area contributed by atoms with E-state index in [0.29, 0.717) is 10.6 Å². The zero-order valence-electron chi connectivity index (χ0n) is 8.81. The number of phenols is 1. The summed E-state index contributed by atoms with van der Waals surface area (Å²) in [4.78, 5) is 0. The molecule has 1 aromatic carbocycles. The molecule has 0 heterocycles. The van der Waals surface area contributed by atoms with E-state index in [4.69, 9.17) is 17.3 Å². The minimum atomic E-state index is -0.700. The monoisotopic (exact) mass is 229 g/mol. The van der Waals surface area contributed by atoms with Gasteiger partial charge in [-0.1, -0.05) is 25.4 Å². The van der Waals surface area contributed by atoms with E-state index in [2.05, 4.69) is 0 Å². The second-order valence-electron chi connectivity index (χ2n) is 3.96. The Kier molecular flexibility index (Phi) is 3.97. The van der Waals surface area contributed by atoms with E-state index in [1.54, 1.807) is 12.1 Å². The lowest BCUT2D eigenvalue weighted by Gasteiger charge is -2.23. The fourth-order valence-electron chi connectivity index (χ4n) is 1.39. The molecule has 0 spiro atoms. The summed E-state index contributed by atoms with van der Waals surface area (Å²) in [6.45, 7) is 3.73. The minimum absolute atomic E-state index is 0.0263. The molecular weight excluding hydrogens is 214 g/mol. The summed E-state index contributed by atoms with van der Waals surface area (Å²) < 4.78 is 0. The van der Waals surface area contributed by atoms with E-state index in [1.807, 2.05) is 13.8 Å². The van der Waals surface area contributed by atoms with Crippen molar-refractivity contribution in [1.82, 2.24) is 0 Å². The van der Waals surface area contributed by atoms with Crippen LogP contribution in [0.4, 0.5) is 0 Å². The lowest BCUT2D eigenvalue weighted by atomic mass is 9.94. The highest BCUT2D eigenvalue weighted by molar-refractivity contribution is 6.30. The lowest BCUT2D eigenvalue weighted by molar-refractivity contribution is 0.0970. The van der Waals surface area contributed by atoms with Gasteiger partial charge in [-0.2, -0.15) is 0 Å². The van der Waals surface area contributed by atoms with Gasteiger partial charge in [0.05, 0.1) is 12.1 Å². The molecule has 1 rings (SSSR count). The fourth-order valence-corrected chi connectivity index (χ4v) is 1.57. The average Bonchev–Trinajstić information content (AvgIpc) is 2.19. The molecular formula is C11H16ClNO2. The van der Waals surface area contributed by atoms with E-state index in [1.165, 1.54) is 6.07 Å². The summed E-state index contributed by atoms with van der Waals surface area (Å²) in [6.07, 6.45) is -0.700. The molecule has 0 amide bonds. The van der Waals surface area contributed by atoms with Gasteiger partial charge < -0.3 is 15.9 Å². The van der Waals surface area contributed by atoms with Gasteiger partial charge in [0.25, 0.3) is 0 Å². The van der Waals surface area contributed by atoms with Gasteiger partial charge in [0.15, 0.2) is 0 Å². The molecule has 0 aliphatic carbocycles. The SMILES string of the molecule is CC(C)[C@@H](O)[C@@H](N)c1cc(Cl)ccc1O. The lowest BCUT2D eigenvalue weighted by Crippen LogP contribution is -2.30. The van der Waals surface area contributed by atoms with Crippen LogP contribution in [0, 0.1) is 5.92 Å². The molecule has 2 atom stereocenters. The van der Waals surface area contributed by atoms with Crippen LogP contribution in [0.25, 0.3) is 0 Å². The van der Waals surface area contributed by atoms with E-state index < -0.39 is 12.1 Å². The standard InChI is InChI=1S/C11H16ClNO2/c1-6(2)11(15)10(13)8-5-7(12)3-4-9(8)14/h3-6,10-11,14-15H,13H2,1-2H3/t10-,11+/m0/s1. The predicted octanol–water partition coefficient (Wildman–Crippen LogP) is 2.06. The van der Waals surface area contributed by atoms with Crippen LogP contribution in [0.15, 0.2) is 18.2 Å². The van der Waals surface area contributed by atoms with Crippen LogP contribution < -0.4 is 5.73 Å². The minimum Gasteiger partial charge on any atom is -0.508 e. The van der Waals surface area contributed by atoms with Crippen LogP contribution in [-0.2, 0) is 0 Å². The number of rotatable bonds is 3. The Balaban J connectivity index is 2.99. The first-order chi connectivity index (χ1) is 6.93. The Morgan fingerprint density at radius 1 is 1.33 bits per heavy atom. The van der Waals surface area contributed by atoms with Crippen molar-refractivity contribution in [2.75, 3.05) is 0 Å². The largest absolute Gasteiger partial charge is 0.508 e. The third kappa shape index (κ3) is 2.84. The maximum atomic E-state index is 9.78. The molecule has 4 heteroatoms.